The lowest BCUT2D eigenvalue weighted by Gasteiger charge is -2.30. The summed E-state index contributed by atoms with van der Waals surface area (Å²) in [6.07, 6.45) is 2.98. The Hall–Kier alpha value is -2.06. The van der Waals surface area contributed by atoms with Gasteiger partial charge in [0.1, 0.15) is 11.3 Å². The molecule has 0 saturated carbocycles. The van der Waals surface area contributed by atoms with Gasteiger partial charge in [-0.25, -0.2) is 15.0 Å². The fraction of sp³-hybridized carbons (Fsp3) is 0.467. The summed E-state index contributed by atoms with van der Waals surface area (Å²) >= 11 is 5.15. The zero-order valence-corrected chi connectivity index (χ0v) is 13.8. The molecule has 2 aromatic rings. The number of hydrogen-bond acceptors (Lipinski definition) is 6. The number of piperidine rings is 1. The first-order valence-electron chi connectivity index (χ1n) is 7.77. The number of nitrogens with zero attached hydrogens (tertiary/aromatic N) is 4. The van der Waals surface area contributed by atoms with Crippen LogP contribution in [0.15, 0.2) is 18.3 Å². The molecule has 2 aromatic heterocycles. The van der Waals surface area contributed by atoms with Crippen LogP contribution in [0, 0.1) is 0 Å². The second-order valence-electron chi connectivity index (χ2n) is 5.47. The highest BCUT2D eigenvalue weighted by Gasteiger charge is 2.18. The number of fused-ring (bicyclic) bond motifs is 1. The molecular weight excluding hydrogens is 312 g/mol. The van der Waals surface area contributed by atoms with Crippen LogP contribution in [0.5, 0.6) is 0 Å². The second kappa shape index (κ2) is 7.01. The van der Waals surface area contributed by atoms with Gasteiger partial charge < -0.3 is 20.6 Å². The second-order valence-corrected chi connectivity index (χ2v) is 5.88. The minimum Gasteiger partial charge on any atom is -0.393 e. The predicted molar refractivity (Wildman–Crippen MR) is 94.7 cm³/mol. The number of pyridine rings is 1. The summed E-state index contributed by atoms with van der Waals surface area (Å²) in [6.45, 7) is 4.32. The van der Waals surface area contributed by atoms with Crippen molar-refractivity contribution < 1.29 is 5.11 Å². The Balaban J connectivity index is 1.81. The summed E-state index contributed by atoms with van der Waals surface area (Å²) in [7, 11) is 0. The fourth-order valence-electron chi connectivity index (χ4n) is 2.54. The fourth-order valence-corrected chi connectivity index (χ4v) is 2.79. The Labute approximate surface area is 140 Å². The van der Waals surface area contributed by atoms with Gasteiger partial charge in [0, 0.05) is 19.6 Å². The molecule has 3 N–H and O–H groups in total. The van der Waals surface area contributed by atoms with E-state index in [1.165, 1.54) is 0 Å². The molecule has 0 amide bonds. The molecule has 0 spiro atoms. The first-order valence-corrected chi connectivity index (χ1v) is 8.18. The SMILES string of the molecule is CCNC(=S)Nc1cnc2ccc(N3CCC(O)CC3)nc2n1. The molecule has 8 heteroatoms. The van der Waals surface area contributed by atoms with E-state index in [1.807, 2.05) is 19.1 Å². The lowest BCUT2D eigenvalue weighted by atomic mass is 10.1. The number of rotatable bonds is 3. The highest BCUT2D eigenvalue weighted by molar-refractivity contribution is 7.80. The van der Waals surface area contributed by atoms with E-state index < -0.39 is 0 Å². The quantitative estimate of drug-likeness (QED) is 0.725. The summed E-state index contributed by atoms with van der Waals surface area (Å²) in [5, 5.41) is 16.1. The van der Waals surface area contributed by atoms with E-state index in [0.717, 1.165) is 43.8 Å². The average molecular weight is 332 g/mol. The molecule has 23 heavy (non-hydrogen) atoms. The maximum atomic E-state index is 9.61. The molecule has 0 atom stereocenters. The van der Waals surface area contributed by atoms with Crippen LogP contribution in [0.1, 0.15) is 19.8 Å². The molecule has 0 aromatic carbocycles. The van der Waals surface area contributed by atoms with Gasteiger partial charge in [-0.15, -0.1) is 0 Å². The van der Waals surface area contributed by atoms with Crippen molar-refractivity contribution in [1.82, 2.24) is 20.3 Å². The smallest absolute Gasteiger partial charge is 0.182 e. The number of thiocarbonyl (C=S) groups is 1. The van der Waals surface area contributed by atoms with Crippen LogP contribution in [0.4, 0.5) is 11.6 Å². The van der Waals surface area contributed by atoms with Crippen molar-refractivity contribution >= 4 is 40.1 Å². The summed E-state index contributed by atoms with van der Waals surface area (Å²) in [4.78, 5) is 15.6. The van der Waals surface area contributed by atoms with Gasteiger partial charge in [0.2, 0.25) is 0 Å². The van der Waals surface area contributed by atoms with Gasteiger partial charge in [-0.2, -0.15) is 0 Å². The summed E-state index contributed by atoms with van der Waals surface area (Å²) < 4.78 is 0. The van der Waals surface area contributed by atoms with Crippen molar-refractivity contribution in [3.8, 4) is 0 Å². The summed E-state index contributed by atoms with van der Waals surface area (Å²) in [5.74, 6) is 1.44. The van der Waals surface area contributed by atoms with Gasteiger partial charge in [0.05, 0.1) is 12.3 Å². The maximum Gasteiger partial charge on any atom is 0.182 e. The van der Waals surface area contributed by atoms with Crippen molar-refractivity contribution in [3.63, 3.8) is 0 Å². The molecule has 0 aliphatic carbocycles. The van der Waals surface area contributed by atoms with E-state index in [4.69, 9.17) is 12.2 Å². The third kappa shape index (κ3) is 3.83. The largest absolute Gasteiger partial charge is 0.393 e. The van der Waals surface area contributed by atoms with E-state index in [-0.39, 0.29) is 6.10 Å². The van der Waals surface area contributed by atoms with Crippen molar-refractivity contribution in [2.24, 2.45) is 0 Å². The number of hydrogen-bond donors (Lipinski definition) is 3. The first-order chi connectivity index (χ1) is 11.2. The molecule has 122 valence electrons. The molecule has 0 unspecified atom stereocenters. The topological polar surface area (TPSA) is 86.2 Å². The van der Waals surface area contributed by atoms with Gasteiger partial charge in [-0.3, -0.25) is 0 Å². The van der Waals surface area contributed by atoms with E-state index >= 15 is 0 Å². The van der Waals surface area contributed by atoms with Crippen molar-refractivity contribution in [1.29, 1.82) is 0 Å². The molecule has 1 aliphatic rings. The minimum atomic E-state index is -0.200. The third-order valence-electron chi connectivity index (χ3n) is 3.76. The minimum absolute atomic E-state index is 0.200. The normalized spacial score (nSPS) is 15.7. The van der Waals surface area contributed by atoms with Crippen LogP contribution in [-0.4, -0.2) is 50.9 Å². The van der Waals surface area contributed by atoms with Crippen molar-refractivity contribution in [2.75, 3.05) is 29.9 Å². The van der Waals surface area contributed by atoms with Gasteiger partial charge >= 0.3 is 0 Å². The number of aliphatic hydroxyl groups is 1. The Morgan fingerprint density at radius 2 is 2.13 bits per heavy atom. The zero-order chi connectivity index (χ0) is 16.2. The van der Waals surface area contributed by atoms with Gasteiger partial charge in [-0.1, -0.05) is 0 Å². The van der Waals surface area contributed by atoms with Crippen LogP contribution in [0.25, 0.3) is 11.2 Å². The molecule has 1 fully saturated rings. The standard InChI is InChI=1S/C15H20N6OS/c1-2-16-15(23)19-12-9-17-11-3-4-13(20-14(11)18-12)21-7-5-10(22)6-8-21/h3-4,9-10,22H,2,5-8H2,1H3,(H2,16,18,19,20,23). The summed E-state index contributed by atoms with van der Waals surface area (Å²) in [6, 6.07) is 3.87. The molecular formula is C15H20N6OS. The van der Waals surface area contributed by atoms with Gasteiger partial charge in [-0.05, 0) is 44.1 Å². The number of nitrogens with one attached hydrogen (secondary N) is 2. The van der Waals surface area contributed by atoms with Crippen LogP contribution in [-0.2, 0) is 0 Å². The molecule has 1 saturated heterocycles. The molecule has 7 nitrogen and oxygen atoms in total. The monoisotopic (exact) mass is 332 g/mol. The Morgan fingerprint density at radius 3 is 2.87 bits per heavy atom. The molecule has 3 heterocycles. The molecule has 0 bridgehead atoms. The third-order valence-corrected chi connectivity index (χ3v) is 4.01. The Morgan fingerprint density at radius 1 is 1.35 bits per heavy atom. The molecule has 0 radical (unpaired) electrons. The lowest BCUT2D eigenvalue weighted by molar-refractivity contribution is 0.145. The van der Waals surface area contributed by atoms with Crippen LogP contribution >= 0.6 is 12.2 Å². The zero-order valence-electron chi connectivity index (χ0n) is 13.0. The van der Waals surface area contributed by atoms with Crippen LogP contribution in [0.3, 0.4) is 0 Å². The maximum absolute atomic E-state index is 9.61. The number of anilines is 2. The predicted octanol–water partition coefficient (Wildman–Crippen LogP) is 1.29. The lowest BCUT2D eigenvalue weighted by Crippen LogP contribution is -2.36. The molecule has 1 aliphatic heterocycles. The summed E-state index contributed by atoms with van der Waals surface area (Å²) in [5.41, 5.74) is 1.32. The highest BCUT2D eigenvalue weighted by Crippen LogP contribution is 2.20. The highest BCUT2D eigenvalue weighted by atomic mass is 32.1. The van der Waals surface area contributed by atoms with E-state index in [9.17, 15) is 5.11 Å². The van der Waals surface area contributed by atoms with Crippen LogP contribution in [0.2, 0.25) is 0 Å². The van der Waals surface area contributed by atoms with E-state index in [1.54, 1.807) is 6.20 Å². The van der Waals surface area contributed by atoms with Crippen molar-refractivity contribution in [2.45, 2.75) is 25.9 Å². The number of aromatic nitrogens is 3. The van der Waals surface area contributed by atoms with E-state index in [0.29, 0.717) is 16.6 Å². The average Bonchev–Trinajstić information content (AvgIpc) is 2.55. The Kier molecular flexibility index (Phi) is 4.82. The molecule has 3 rings (SSSR count). The van der Waals surface area contributed by atoms with Crippen molar-refractivity contribution in [3.05, 3.63) is 18.3 Å². The first kappa shape index (κ1) is 15.8. The van der Waals surface area contributed by atoms with Gasteiger partial charge in [0.15, 0.2) is 16.6 Å². The Bertz CT molecular complexity index is 701. The van der Waals surface area contributed by atoms with E-state index in [2.05, 4.69) is 30.5 Å². The number of aliphatic hydroxyl groups excluding tert-OH is 1. The van der Waals surface area contributed by atoms with Gasteiger partial charge in [0.25, 0.3) is 0 Å². The van der Waals surface area contributed by atoms with Crippen LogP contribution < -0.4 is 15.5 Å².